The minimum absolute atomic E-state index is 0.0421. The van der Waals surface area contributed by atoms with Crippen LogP contribution in [0.3, 0.4) is 0 Å². The number of carboxylic acids is 1. The molecule has 2 aliphatic carbocycles. The fraction of sp³-hybridized carbons (Fsp3) is 0.556. The van der Waals surface area contributed by atoms with Gasteiger partial charge in [-0.1, -0.05) is 37.1 Å². The number of aliphatic carboxylic acids is 1. The highest BCUT2D eigenvalue weighted by Gasteiger charge is 2.50. The average molecular weight is 299 g/mol. The number of nitrogens with zero attached hydrogens (tertiary/aromatic N) is 1. The lowest BCUT2D eigenvalue weighted by Crippen LogP contribution is -2.49. The van der Waals surface area contributed by atoms with E-state index in [9.17, 15) is 14.7 Å². The predicted molar refractivity (Wildman–Crippen MR) is 81.5 cm³/mol. The van der Waals surface area contributed by atoms with Crippen LogP contribution in [0.4, 0.5) is 0 Å². The van der Waals surface area contributed by atoms with Crippen LogP contribution in [0.25, 0.3) is 0 Å². The van der Waals surface area contributed by atoms with Crippen LogP contribution in [-0.2, 0) is 16.0 Å². The molecule has 4 rings (SSSR count). The molecule has 3 aliphatic rings. The molecule has 2 fully saturated rings. The minimum atomic E-state index is -0.838. The molecule has 1 saturated carbocycles. The first-order chi connectivity index (χ1) is 10.7. The van der Waals surface area contributed by atoms with Gasteiger partial charge in [0.05, 0.1) is 5.92 Å². The molecule has 0 radical (unpaired) electrons. The zero-order valence-electron chi connectivity index (χ0n) is 12.6. The topological polar surface area (TPSA) is 57.6 Å². The standard InChI is InChI=1S/C18H21NO3/c20-17(14-9-11-5-1-3-7-13(11)14)19-15-8-4-2-6-12(15)10-16(19)18(21)22/h1,3,5,7,12,14-16H,2,4,6,8-10H2,(H,21,22). The van der Waals surface area contributed by atoms with Gasteiger partial charge in [0.25, 0.3) is 0 Å². The van der Waals surface area contributed by atoms with Crippen molar-refractivity contribution < 1.29 is 14.7 Å². The van der Waals surface area contributed by atoms with Crippen LogP contribution in [0, 0.1) is 5.92 Å². The molecule has 1 aromatic carbocycles. The largest absolute Gasteiger partial charge is 0.480 e. The fourth-order valence-corrected chi connectivity index (χ4v) is 4.66. The number of benzene rings is 1. The third kappa shape index (κ3) is 1.97. The van der Waals surface area contributed by atoms with Crippen molar-refractivity contribution >= 4 is 11.9 Å². The van der Waals surface area contributed by atoms with Crippen LogP contribution >= 0.6 is 0 Å². The maximum Gasteiger partial charge on any atom is 0.326 e. The Hall–Kier alpha value is -1.84. The molecule has 1 N–H and O–H groups in total. The van der Waals surface area contributed by atoms with Crippen LogP contribution in [0.1, 0.15) is 49.1 Å². The summed E-state index contributed by atoms with van der Waals surface area (Å²) >= 11 is 0. The Morgan fingerprint density at radius 2 is 1.91 bits per heavy atom. The zero-order valence-corrected chi connectivity index (χ0v) is 12.6. The van der Waals surface area contributed by atoms with Gasteiger partial charge in [-0.05, 0) is 42.7 Å². The lowest BCUT2D eigenvalue weighted by atomic mass is 9.76. The summed E-state index contributed by atoms with van der Waals surface area (Å²) in [6.07, 6.45) is 5.71. The molecule has 1 amide bonds. The zero-order chi connectivity index (χ0) is 15.3. The summed E-state index contributed by atoms with van der Waals surface area (Å²) < 4.78 is 0. The molecule has 4 nitrogen and oxygen atoms in total. The highest BCUT2D eigenvalue weighted by molar-refractivity contribution is 5.91. The second kappa shape index (κ2) is 5.11. The van der Waals surface area contributed by atoms with Crippen molar-refractivity contribution in [1.82, 2.24) is 4.90 Å². The molecule has 1 heterocycles. The van der Waals surface area contributed by atoms with Crippen molar-refractivity contribution in [3.63, 3.8) is 0 Å². The Labute approximate surface area is 130 Å². The Morgan fingerprint density at radius 3 is 2.68 bits per heavy atom. The number of carbonyl (C=O) groups excluding carboxylic acids is 1. The third-order valence-corrected chi connectivity index (χ3v) is 5.78. The van der Waals surface area contributed by atoms with Crippen molar-refractivity contribution in [3.8, 4) is 0 Å². The van der Waals surface area contributed by atoms with Gasteiger partial charge in [0, 0.05) is 6.04 Å². The summed E-state index contributed by atoms with van der Waals surface area (Å²) in [5, 5.41) is 9.55. The lowest BCUT2D eigenvalue weighted by Gasteiger charge is -2.38. The van der Waals surface area contributed by atoms with Crippen molar-refractivity contribution in [3.05, 3.63) is 35.4 Å². The molecule has 1 aromatic rings. The van der Waals surface area contributed by atoms with Gasteiger partial charge in [-0.2, -0.15) is 0 Å². The normalized spacial score (nSPS) is 32.8. The van der Waals surface area contributed by atoms with E-state index in [2.05, 4.69) is 6.07 Å². The Bertz CT molecular complexity index is 627. The van der Waals surface area contributed by atoms with Crippen LogP contribution < -0.4 is 0 Å². The number of carbonyl (C=O) groups is 2. The summed E-state index contributed by atoms with van der Waals surface area (Å²) in [5.41, 5.74) is 2.32. The number of hydrogen-bond donors (Lipinski definition) is 1. The molecular formula is C18H21NO3. The number of amides is 1. The first-order valence-corrected chi connectivity index (χ1v) is 8.29. The van der Waals surface area contributed by atoms with E-state index in [4.69, 9.17) is 0 Å². The summed E-state index contributed by atoms with van der Waals surface area (Å²) in [5.74, 6) is -0.538. The van der Waals surface area contributed by atoms with Crippen molar-refractivity contribution in [2.75, 3.05) is 0 Å². The van der Waals surface area contributed by atoms with Gasteiger partial charge >= 0.3 is 5.97 Å². The monoisotopic (exact) mass is 299 g/mol. The van der Waals surface area contributed by atoms with Gasteiger partial charge < -0.3 is 10.0 Å². The van der Waals surface area contributed by atoms with Crippen molar-refractivity contribution in [1.29, 1.82) is 0 Å². The molecule has 116 valence electrons. The summed E-state index contributed by atoms with van der Waals surface area (Å²) in [6, 6.07) is 7.54. The summed E-state index contributed by atoms with van der Waals surface area (Å²) in [6.45, 7) is 0. The Morgan fingerprint density at radius 1 is 1.14 bits per heavy atom. The highest BCUT2D eigenvalue weighted by atomic mass is 16.4. The molecule has 4 unspecified atom stereocenters. The van der Waals surface area contributed by atoms with Gasteiger partial charge in [0.15, 0.2) is 0 Å². The quantitative estimate of drug-likeness (QED) is 0.913. The van der Waals surface area contributed by atoms with E-state index in [1.165, 1.54) is 12.0 Å². The number of carboxylic acid groups (broad SMARTS) is 1. The summed E-state index contributed by atoms with van der Waals surface area (Å²) in [4.78, 5) is 26.4. The lowest BCUT2D eigenvalue weighted by molar-refractivity contribution is -0.150. The highest BCUT2D eigenvalue weighted by Crippen LogP contribution is 2.44. The average Bonchev–Trinajstić information content (AvgIpc) is 2.88. The molecule has 1 saturated heterocycles. The number of rotatable bonds is 2. The first-order valence-electron chi connectivity index (χ1n) is 8.29. The van der Waals surface area contributed by atoms with Crippen molar-refractivity contribution in [2.24, 2.45) is 5.92 Å². The molecule has 0 spiro atoms. The van der Waals surface area contributed by atoms with Crippen LogP contribution in [0.2, 0.25) is 0 Å². The molecule has 4 heteroatoms. The molecular weight excluding hydrogens is 278 g/mol. The molecule has 1 aliphatic heterocycles. The van der Waals surface area contributed by atoms with Gasteiger partial charge in [-0.3, -0.25) is 4.79 Å². The maximum absolute atomic E-state index is 13.0. The predicted octanol–water partition coefficient (Wildman–Crippen LogP) is 2.57. The molecule has 22 heavy (non-hydrogen) atoms. The molecule has 0 bridgehead atoms. The SMILES string of the molecule is O=C(O)C1CC2CCCCC2N1C(=O)C1Cc2ccccc21. The fourth-order valence-electron chi connectivity index (χ4n) is 4.66. The third-order valence-electron chi connectivity index (χ3n) is 5.78. The van der Waals surface area contributed by atoms with Gasteiger partial charge in [0.2, 0.25) is 5.91 Å². The summed E-state index contributed by atoms with van der Waals surface area (Å²) in [7, 11) is 0. The van der Waals surface area contributed by atoms with E-state index >= 15 is 0 Å². The maximum atomic E-state index is 13.0. The second-order valence-electron chi connectivity index (χ2n) is 6.90. The first kappa shape index (κ1) is 13.8. The molecule has 0 aromatic heterocycles. The minimum Gasteiger partial charge on any atom is -0.480 e. The van der Waals surface area contributed by atoms with Gasteiger partial charge in [-0.15, -0.1) is 0 Å². The van der Waals surface area contributed by atoms with Gasteiger partial charge in [-0.25, -0.2) is 4.79 Å². The van der Waals surface area contributed by atoms with E-state index in [0.717, 1.165) is 31.2 Å². The number of hydrogen-bond acceptors (Lipinski definition) is 2. The second-order valence-corrected chi connectivity index (χ2v) is 6.90. The Balaban J connectivity index is 1.62. The number of fused-ring (bicyclic) bond motifs is 2. The molecule has 4 atom stereocenters. The van der Waals surface area contributed by atoms with Crippen molar-refractivity contribution in [2.45, 2.75) is 56.5 Å². The van der Waals surface area contributed by atoms with Gasteiger partial charge in [0.1, 0.15) is 6.04 Å². The van der Waals surface area contributed by atoms with E-state index in [1.54, 1.807) is 4.90 Å². The van der Waals surface area contributed by atoms with Crippen LogP contribution in [0.5, 0.6) is 0 Å². The van der Waals surface area contributed by atoms with E-state index in [1.807, 2.05) is 18.2 Å². The smallest absolute Gasteiger partial charge is 0.326 e. The number of likely N-dealkylation sites (tertiary alicyclic amines) is 1. The van der Waals surface area contributed by atoms with E-state index in [-0.39, 0.29) is 17.9 Å². The Kier molecular flexibility index (Phi) is 3.21. The van der Waals surface area contributed by atoms with Crippen LogP contribution in [0.15, 0.2) is 24.3 Å². The van der Waals surface area contributed by atoms with E-state index < -0.39 is 12.0 Å². The van der Waals surface area contributed by atoms with E-state index in [0.29, 0.717) is 12.3 Å². The van der Waals surface area contributed by atoms with Crippen LogP contribution in [-0.4, -0.2) is 34.0 Å².